The molecular weight excluding hydrogens is 242 g/mol. The van der Waals surface area contributed by atoms with Gasteiger partial charge in [-0.25, -0.2) is 0 Å². The van der Waals surface area contributed by atoms with Gasteiger partial charge >= 0.3 is 0 Å². The number of nitrogens with zero attached hydrogens (tertiary/aromatic N) is 2. The van der Waals surface area contributed by atoms with Crippen molar-refractivity contribution in [3.05, 3.63) is 34.4 Å². The van der Waals surface area contributed by atoms with Gasteiger partial charge in [-0.15, -0.1) is 0 Å². The summed E-state index contributed by atoms with van der Waals surface area (Å²) in [5, 5.41) is 14.1. The van der Waals surface area contributed by atoms with E-state index in [2.05, 4.69) is 17.1 Å². The minimum absolute atomic E-state index is 0.142. The maximum absolute atomic E-state index is 10.6. The molecule has 1 N–H and O–H groups in total. The Kier molecular flexibility index (Phi) is 4.74. The van der Waals surface area contributed by atoms with Crippen molar-refractivity contribution < 1.29 is 4.92 Å². The van der Waals surface area contributed by atoms with Crippen molar-refractivity contribution >= 4 is 11.4 Å². The number of likely N-dealkylation sites (tertiary alicyclic amines) is 1. The lowest BCUT2D eigenvalue weighted by Crippen LogP contribution is -2.26. The van der Waals surface area contributed by atoms with E-state index in [4.69, 9.17) is 0 Å². The Morgan fingerprint density at radius 2 is 2.05 bits per heavy atom. The summed E-state index contributed by atoms with van der Waals surface area (Å²) in [4.78, 5) is 12.7. The van der Waals surface area contributed by atoms with E-state index in [0.717, 1.165) is 31.6 Å². The summed E-state index contributed by atoms with van der Waals surface area (Å²) >= 11 is 0. The molecule has 2 rings (SSSR count). The van der Waals surface area contributed by atoms with Crippen LogP contribution in [0.5, 0.6) is 0 Å². The molecule has 5 nitrogen and oxygen atoms in total. The number of hydrogen-bond donors (Lipinski definition) is 1. The average Bonchev–Trinajstić information content (AvgIpc) is 2.64. The number of rotatable bonds is 4. The van der Waals surface area contributed by atoms with E-state index in [1.807, 2.05) is 0 Å². The first-order valence-corrected chi connectivity index (χ1v) is 6.92. The van der Waals surface area contributed by atoms with Crippen molar-refractivity contribution in [2.24, 2.45) is 0 Å². The Labute approximate surface area is 113 Å². The molecule has 0 aromatic heterocycles. The van der Waals surface area contributed by atoms with E-state index in [0.29, 0.717) is 6.04 Å². The molecule has 1 fully saturated rings. The third-order valence-electron chi connectivity index (χ3n) is 3.72. The molecule has 5 heteroatoms. The van der Waals surface area contributed by atoms with Crippen molar-refractivity contribution in [1.29, 1.82) is 0 Å². The number of benzene rings is 1. The summed E-state index contributed by atoms with van der Waals surface area (Å²) in [6.45, 7) is 5.62. The quantitative estimate of drug-likeness (QED) is 0.670. The van der Waals surface area contributed by atoms with E-state index < -0.39 is 0 Å². The molecule has 1 unspecified atom stereocenters. The van der Waals surface area contributed by atoms with E-state index in [9.17, 15) is 10.1 Å². The molecule has 1 heterocycles. The number of hydrogen-bond acceptors (Lipinski definition) is 4. The minimum Gasteiger partial charge on any atom is -0.382 e. The van der Waals surface area contributed by atoms with E-state index in [1.165, 1.54) is 13.0 Å². The molecule has 0 aliphatic carbocycles. The molecule has 1 aliphatic rings. The van der Waals surface area contributed by atoms with Gasteiger partial charge in [-0.2, -0.15) is 0 Å². The normalized spacial score (nSPS) is 20.8. The van der Waals surface area contributed by atoms with Crippen molar-refractivity contribution in [2.75, 3.05) is 25.0 Å². The monoisotopic (exact) mass is 263 g/mol. The molecular formula is C14H21N3O2. The number of nitrogens with one attached hydrogen (secondary N) is 1. The van der Waals surface area contributed by atoms with E-state index in [1.54, 1.807) is 24.3 Å². The second-order valence-corrected chi connectivity index (χ2v) is 5.01. The number of anilines is 1. The Hall–Kier alpha value is -1.62. The van der Waals surface area contributed by atoms with Crippen molar-refractivity contribution in [2.45, 2.75) is 32.2 Å². The first-order valence-electron chi connectivity index (χ1n) is 6.92. The van der Waals surface area contributed by atoms with Gasteiger partial charge in [-0.05, 0) is 44.5 Å². The molecule has 0 spiro atoms. The fourth-order valence-corrected chi connectivity index (χ4v) is 2.53. The fourth-order valence-electron chi connectivity index (χ4n) is 2.53. The van der Waals surface area contributed by atoms with Gasteiger partial charge in [0, 0.05) is 30.4 Å². The zero-order valence-electron chi connectivity index (χ0n) is 11.3. The third-order valence-corrected chi connectivity index (χ3v) is 3.72. The third kappa shape index (κ3) is 3.92. The van der Waals surface area contributed by atoms with Gasteiger partial charge in [0.2, 0.25) is 0 Å². The van der Waals surface area contributed by atoms with E-state index >= 15 is 0 Å². The Balaban J connectivity index is 1.91. The molecule has 1 aromatic rings. The van der Waals surface area contributed by atoms with Gasteiger partial charge in [0.05, 0.1) is 4.92 Å². The predicted molar refractivity (Wildman–Crippen MR) is 76.5 cm³/mol. The fraction of sp³-hybridized carbons (Fsp3) is 0.571. The molecule has 1 saturated heterocycles. The highest BCUT2D eigenvalue weighted by Crippen LogP contribution is 2.19. The first kappa shape index (κ1) is 13.8. The van der Waals surface area contributed by atoms with Crippen LogP contribution in [0.2, 0.25) is 0 Å². The minimum atomic E-state index is -0.367. The van der Waals surface area contributed by atoms with Crippen LogP contribution in [-0.2, 0) is 0 Å². The van der Waals surface area contributed by atoms with Crippen LogP contribution in [0.15, 0.2) is 24.3 Å². The van der Waals surface area contributed by atoms with Gasteiger partial charge in [-0.3, -0.25) is 10.1 Å². The van der Waals surface area contributed by atoms with Crippen LogP contribution in [0.3, 0.4) is 0 Å². The Bertz CT molecular complexity index is 419. The second-order valence-electron chi connectivity index (χ2n) is 5.01. The summed E-state index contributed by atoms with van der Waals surface area (Å²) in [6.07, 6.45) is 3.50. The SMILES string of the molecule is CCN1CCCC(Nc2ccc([N+](=O)[O-])cc2)CC1. The first-order chi connectivity index (χ1) is 9.19. The molecule has 0 amide bonds. The van der Waals surface area contributed by atoms with Crippen LogP contribution < -0.4 is 5.32 Å². The summed E-state index contributed by atoms with van der Waals surface area (Å²) in [5.41, 5.74) is 1.11. The van der Waals surface area contributed by atoms with Crippen molar-refractivity contribution in [1.82, 2.24) is 4.90 Å². The van der Waals surface area contributed by atoms with Crippen LogP contribution in [0.25, 0.3) is 0 Å². The predicted octanol–water partition coefficient (Wildman–Crippen LogP) is 2.88. The highest BCUT2D eigenvalue weighted by Gasteiger charge is 2.16. The average molecular weight is 263 g/mol. The highest BCUT2D eigenvalue weighted by atomic mass is 16.6. The highest BCUT2D eigenvalue weighted by molar-refractivity contribution is 5.49. The van der Waals surface area contributed by atoms with Gasteiger partial charge in [0.25, 0.3) is 5.69 Å². The Morgan fingerprint density at radius 3 is 2.68 bits per heavy atom. The maximum atomic E-state index is 10.6. The topological polar surface area (TPSA) is 58.4 Å². The molecule has 0 bridgehead atoms. The summed E-state index contributed by atoms with van der Waals surface area (Å²) < 4.78 is 0. The number of non-ortho nitro benzene ring substituents is 1. The van der Waals surface area contributed by atoms with Gasteiger partial charge in [0.1, 0.15) is 0 Å². The largest absolute Gasteiger partial charge is 0.382 e. The molecule has 0 radical (unpaired) electrons. The number of nitro benzene ring substituents is 1. The smallest absolute Gasteiger partial charge is 0.269 e. The molecule has 1 aliphatic heterocycles. The van der Waals surface area contributed by atoms with Crippen LogP contribution in [-0.4, -0.2) is 35.5 Å². The van der Waals surface area contributed by atoms with Crippen LogP contribution in [0.4, 0.5) is 11.4 Å². The summed E-state index contributed by atoms with van der Waals surface area (Å²) in [6, 6.07) is 7.16. The molecule has 104 valence electrons. The standard InChI is InChI=1S/C14H21N3O2/c1-2-16-10-3-4-12(9-11-16)15-13-5-7-14(8-6-13)17(18)19/h5-8,12,15H,2-4,9-11H2,1H3. The van der Waals surface area contributed by atoms with Crippen LogP contribution in [0.1, 0.15) is 26.2 Å². The maximum Gasteiger partial charge on any atom is 0.269 e. The molecule has 1 atom stereocenters. The lowest BCUT2D eigenvalue weighted by atomic mass is 10.1. The zero-order chi connectivity index (χ0) is 13.7. The summed E-state index contributed by atoms with van der Waals surface area (Å²) in [5.74, 6) is 0. The Morgan fingerprint density at radius 1 is 1.32 bits per heavy atom. The zero-order valence-corrected chi connectivity index (χ0v) is 11.3. The summed E-state index contributed by atoms with van der Waals surface area (Å²) in [7, 11) is 0. The van der Waals surface area contributed by atoms with Crippen molar-refractivity contribution in [3.8, 4) is 0 Å². The second kappa shape index (κ2) is 6.52. The van der Waals surface area contributed by atoms with Crippen LogP contribution >= 0.6 is 0 Å². The molecule has 19 heavy (non-hydrogen) atoms. The lowest BCUT2D eigenvalue weighted by molar-refractivity contribution is -0.384. The van der Waals surface area contributed by atoms with Crippen LogP contribution in [0, 0.1) is 10.1 Å². The molecule has 1 aromatic carbocycles. The van der Waals surface area contributed by atoms with Gasteiger partial charge < -0.3 is 10.2 Å². The van der Waals surface area contributed by atoms with E-state index in [-0.39, 0.29) is 10.6 Å². The van der Waals surface area contributed by atoms with Gasteiger partial charge in [0.15, 0.2) is 0 Å². The molecule has 0 saturated carbocycles. The van der Waals surface area contributed by atoms with Gasteiger partial charge in [-0.1, -0.05) is 6.92 Å². The van der Waals surface area contributed by atoms with Crippen molar-refractivity contribution in [3.63, 3.8) is 0 Å². The number of nitro groups is 1. The lowest BCUT2D eigenvalue weighted by Gasteiger charge is -2.19.